The number of esters is 1. The molecular formula is C18H15N3O5. The van der Waals surface area contributed by atoms with E-state index in [1.165, 1.54) is 18.2 Å². The van der Waals surface area contributed by atoms with E-state index in [2.05, 4.69) is 9.97 Å². The van der Waals surface area contributed by atoms with E-state index in [0.717, 1.165) is 0 Å². The number of nitro benzene ring substituents is 1. The normalized spacial score (nSPS) is 11.9. The van der Waals surface area contributed by atoms with E-state index in [-0.39, 0.29) is 22.6 Å². The summed E-state index contributed by atoms with van der Waals surface area (Å²) in [5, 5.41) is 11.3. The number of hydrogen-bond donors (Lipinski definition) is 1. The molecule has 1 N–H and O–H groups in total. The number of H-pyrrole nitrogens is 1. The molecule has 8 nitrogen and oxygen atoms in total. The van der Waals surface area contributed by atoms with Crippen molar-refractivity contribution in [1.82, 2.24) is 9.97 Å². The van der Waals surface area contributed by atoms with Crippen molar-refractivity contribution in [3.63, 3.8) is 0 Å². The van der Waals surface area contributed by atoms with E-state index in [0.29, 0.717) is 16.5 Å². The third kappa shape index (κ3) is 3.30. The Hall–Kier alpha value is -3.55. The SMILES string of the molecule is Cc1cc(C(=O)OC(C)c2nc3ccccc3c(=O)[nH]2)ccc1[N+](=O)[O-]. The summed E-state index contributed by atoms with van der Waals surface area (Å²) in [5.74, 6) is -0.438. The first-order valence-electron chi connectivity index (χ1n) is 7.82. The Morgan fingerprint density at radius 3 is 2.69 bits per heavy atom. The Morgan fingerprint density at radius 1 is 1.27 bits per heavy atom. The van der Waals surface area contributed by atoms with Gasteiger partial charge in [-0.1, -0.05) is 12.1 Å². The van der Waals surface area contributed by atoms with Crippen LogP contribution >= 0.6 is 0 Å². The van der Waals surface area contributed by atoms with Crippen LogP contribution in [0.4, 0.5) is 5.69 Å². The zero-order chi connectivity index (χ0) is 18.8. The number of para-hydroxylation sites is 1. The molecule has 1 aromatic heterocycles. The van der Waals surface area contributed by atoms with Crippen molar-refractivity contribution >= 4 is 22.6 Å². The Labute approximate surface area is 147 Å². The number of benzene rings is 2. The van der Waals surface area contributed by atoms with E-state index in [9.17, 15) is 19.7 Å². The maximum atomic E-state index is 12.3. The van der Waals surface area contributed by atoms with Crippen LogP contribution in [0.2, 0.25) is 0 Å². The second-order valence-corrected chi connectivity index (χ2v) is 5.77. The number of aromatic amines is 1. The number of nitrogens with one attached hydrogen (secondary N) is 1. The molecule has 0 spiro atoms. The zero-order valence-electron chi connectivity index (χ0n) is 14.1. The molecule has 0 bridgehead atoms. The molecule has 0 aliphatic rings. The Balaban J connectivity index is 1.85. The van der Waals surface area contributed by atoms with Crippen LogP contribution in [0.1, 0.15) is 34.8 Å². The van der Waals surface area contributed by atoms with Gasteiger partial charge in [-0.05, 0) is 38.1 Å². The van der Waals surface area contributed by atoms with Crippen molar-refractivity contribution < 1.29 is 14.5 Å². The van der Waals surface area contributed by atoms with Gasteiger partial charge in [-0.3, -0.25) is 14.9 Å². The fraction of sp³-hybridized carbons (Fsp3) is 0.167. The molecule has 3 aromatic rings. The smallest absolute Gasteiger partial charge is 0.338 e. The van der Waals surface area contributed by atoms with Gasteiger partial charge in [0.05, 0.1) is 21.4 Å². The first kappa shape index (κ1) is 17.3. The highest BCUT2D eigenvalue weighted by molar-refractivity contribution is 5.90. The summed E-state index contributed by atoms with van der Waals surface area (Å²) < 4.78 is 5.34. The Kier molecular flexibility index (Phi) is 4.49. The number of carbonyl (C=O) groups excluding carboxylic acids is 1. The van der Waals surface area contributed by atoms with Gasteiger partial charge in [-0.2, -0.15) is 0 Å². The molecule has 0 saturated heterocycles. The molecular weight excluding hydrogens is 338 g/mol. The minimum Gasteiger partial charge on any atom is -0.451 e. The largest absolute Gasteiger partial charge is 0.451 e. The first-order valence-corrected chi connectivity index (χ1v) is 7.82. The number of hydrogen-bond acceptors (Lipinski definition) is 6. The van der Waals surface area contributed by atoms with E-state index >= 15 is 0 Å². The molecule has 0 radical (unpaired) electrons. The lowest BCUT2D eigenvalue weighted by molar-refractivity contribution is -0.385. The highest BCUT2D eigenvalue weighted by Gasteiger charge is 2.19. The van der Waals surface area contributed by atoms with Crippen molar-refractivity contribution in [2.45, 2.75) is 20.0 Å². The van der Waals surface area contributed by atoms with E-state index in [1.54, 1.807) is 38.1 Å². The quantitative estimate of drug-likeness (QED) is 0.438. The summed E-state index contributed by atoms with van der Waals surface area (Å²) in [6.07, 6.45) is -0.796. The second kappa shape index (κ2) is 6.75. The number of aryl methyl sites for hydroxylation is 1. The number of carbonyl (C=O) groups is 1. The summed E-state index contributed by atoms with van der Waals surface area (Å²) in [6, 6.07) is 10.8. The standard InChI is InChI=1S/C18H15N3O5/c1-10-9-12(7-8-15(10)21(24)25)18(23)26-11(2)16-19-14-6-4-3-5-13(14)17(22)20-16/h3-9,11H,1-2H3,(H,19,20,22). The van der Waals surface area contributed by atoms with Gasteiger partial charge in [-0.15, -0.1) is 0 Å². The predicted octanol–water partition coefficient (Wildman–Crippen LogP) is 3.06. The van der Waals surface area contributed by atoms with Crippen molar-refractivity contribution in [1.29, 1.82) is 0 Å². The molecule has 132 valence electrons. The number of rotatable bonds is 4. The molecule has 0 aliphatic heterocycles. The highest BCUT2D eigenvalue weighted by atomic mass is 16.6. The van der Waals surface area contributed by atoms with Crippen LogP contribution in [0.15, 0.2) is 47.3 Å². The minimum absolute atomic E-state index is 0.0740. The number of ether oxygens (including phenoxy) is 1. The van der Waals surface area contributed by atoms with Crippen LogP contribution in [0.5, 0.6) is 0 Å². The first-order chi connectivity index (χ1) is 12.4. The molecule has 26 heavy (non-hydrogen) atoms. The highest BCUT2D eigenvalue weighted by Crippen LogP contribution is 2.21. The van der Waals surface area contributed by atoms with Crippen LogP contribution in [-0.2, 0) is 4.74 Å². The molecule has 1 unspecified atom stereocenters. The molecule has 1 heterocycles. The fourth-order valence-electron chi connectivity index (χ4n) is 2.57. The van der Waals surface area contributed by atoms with Crippen LogP contribution in [0, 0.1) is 17.0 Å². The zero-order valence-corrected chi connectivity index (χ0v) is 14.1. The maximum Gasteiger partial charge on any atom is 0.338 e. The fourth-order valence-corrected chi connectivity index (χ4v) is 2.57. The van der Waals surface area contributed by atoms with Gasteiger partial charge in [0.1, 0.15) is 0 Å². The van der Waals surface area contributed by atoms with Gasteiger partial charge in [0.2, 0.25) is 0 Å². The number of nitrogens with zero attached hydrogens (tertiary/aromatic N) is 2. The van der Waals surface area contributed by atoms with Gasteiger partial charge in [0.15, 0.2) is 11.9 Å². The molecule has 0 aliphatic carbocycles. The van der Waals surface area contributed by atoms with Crippen molar-refractivity contribution in [3.8, 4) is 0 Å². The Morgan fingerprint density at radius 2 is 2.00 bits per heavy atom. The molecule has 0 fully saturated rings. The van der Waals surface area contributed by atoms with Gasteiger partial charge in [0.25, 0.3) is 11.2 Å². The van der Waals surface area contributed by atoms with Gasteiger partial charge >= 0.3 is 5.97 Å². The lowest BCUT2D eigenvalue weighted by Gasteiger charge is -2.13. The van der Waals surface area contributed by atoms with Crippen molar-refractivity contribution in [2.75, 3.05) is 0 Å². The number of aromatic nitrogens is 2. The van der Waals surface area contributed by atoms with Crippen LogP contribution < -0.4 is 5.56 Å². The van der Waals surface area contributed by atoms with E-state index in [1.807, 2.05) is 0 Å². The summed E-state index contributed by atoms with van der Waals surface area (Å²) in [4.78, 5) is 41.7. The van der Waals surface area contributed by atoms with Crippen LogP contribution in [-0.4, -0.2) is 20.9 Å². The average molecular weight is 353 g/mol. The monoisotopic (exact) mass is 353 g/mol. The molecule has 0 saturated carbocycles. The summed E-state index contributed by atoms with van der Waals surface area (Å²) in [5.41, 5.74) is 0.646. The van der Waals surface area contributed by atoms with Crippen molar-refractivity contribution in [2.24, 2.45) is 0 Å². The lowest BCUT2D eigenvalue weighted by Crippen LogP contribution is -2.17. The van der Waals surface area contributed by atoms with Crippen LogP contribution in [0.25, 0.3) is 10.9 Å². The van der Waals surface area contributed by atoms with Gasteiger partial charge < -0.3 is 9.72 Å². The third-order valence-electron chi connectivity index (χ3n) is 3.93. The molecule has 3 rings (SSSR count). The minimum atomic E-state index is -0.796. The molecule has 1 atom stereocenters. The van der Waals surface area contributed by atoms with E-state index in [4.69, 9.17) is 4.74 Å². The van der Waals surface area contributed by atoms with E-state index < -0.39 is 17.0 Å². The number of nitro groups is 1. The average Bonchev–Trinajstić information content (AvgIpc) is 2.61. The molecule has 8 heteroatoms. The molecule has 0 amide bonds. The van der Waals surface area contributed by atoms with Crippen LogP contribution in [0.3, 0.4) is 0 Å². The van der Waals surface area contributed by atoms with Gasteiger partial charge in [-0.25, -0.2) is 9.78 Å². The topological polar surface area (TPSA) is 115 Å². The summed E-state index contributed by atoms with van der Waals surface area (Å²) >= 11 is 0. The lowest BCUT2D eigenvalue weighted by atomic mass is 10.1. The van der Waals surface area contributed by atoms with Gasteiger partial charge in [0, 0.05) is 11.6 Å². The maximum absolute atomic E-state index is 12.3. The summed E-state index contributed by atoms with van der Waals surface area (Å²) in [7, 11) is 0. The molecule has 2 aromatic carbocycles. The summed E-state index contributed by atoms with van der Waals surface area (Å²) in [6.45, 7) is 3.13. The number of fused-ring (bicyclic) bond motifs is 1. The Bertz CT molecular complexity index is 1070. The second-order valence-electron chi connectivity index (χ2n) is 5.77. The van der Waals surface area contributed by atoms with Crippen molar-refractivity contribution in [3.05, 3.63) is 79.9 Å². The predicted molar refractivity (Wildman–Crippen MR) is 94.0 cm³/mol. The third-order valence-corrected chi connectivity index (χ3v) is 3.93.